The molecule has 24 heavy (non-hydrogen) atoms. The first-order valence-electron chi connectivity index (χ1n) is 8.14. The molecule has 0 radical (unpaired) electrons. The summed E-state index contributed by atoms with van der Waals surface area (Å²) >= 11 is 0.617. The van der Waals surface area contributed by atoms with Crippen LogP contribution < -0.4 is 10.9 Å². The fourth-order valence-corrected chi connectivity index (χ4v) is 4.28. The number of nitrogens with one attached hydrogen (secondary N) is 1. The molecule has 0 atom stereocenters. The van der Waals surface area contributed by atoms with Gasteiger partial charge >= 0.3 is 129 Å². The van der Waals surface area contributed by atoms with Crippen molar-refractivity contribution in [1.82, 2.24) is 18.7 Å². The molecule has 3 rings (SSSR count). The Kier molecular flexibility index (Phi) is 5.33. The van der Waals surface area contributed by atoms with E-state index in [0.717, 1.165) is 5.69 Å². The first-order valence-corrected chi connectivity index (χ1v) is 10.6. The standard InChI is InChI=1S/C17H23N5OSe/c1-12-10-15(17(23)21(2)20-12)19-16-5-4-14(11-18-16)13-6-8-22(24-3)9-7-13/h4-5,10-11,13H,6-9H2,1-3H3,(H,18,19). The second-order valence-corrected chi connectivity index (χ2v) is 7.97. The molecule has 128 valence electrons. The molecule has 0 saturated carbocycles. The third-order valence-corrected chi connectivity index (χ3v) is 6.27. The van der Waals surface area contributed by atoms with Crippen molar-refractivity contribution in [3.63, 3.8) is 0 Å². The molecule has 0 unspecified atom stereocenters. The van der Waals surface area contributed by atoms with Gasteiger partial charge in [-0.1, -0.05) is 0 Å². The quantitative estimate of drug-likeness (QED) is 0.808. The van der Waals surface area contributed by atoms with E-state index in [1.165, 1.54) is 36.2 Å². The van der Waals surface area contributed by atoms with Gasteiger partial charge in [0.05, 0.1) is 0 Å². The summed E-state index contributed by atoms with van der Waals surface area (Å²) in [6.45, 7) is 4.24. The molecule has 1 aliphatic rings. The second-order valence-electron chi connectivity index (χ2n) is 6.12. The normalized spacial score (nSPS) is 16.3. The topological polar surface area (TPSA) is 63.1 Å². The molecule has 0 aromatic carbocycles. The van der Waals surface area contributed by atoms with Crippen LogP contribution in [0.2, 0.25) is 5.82 Å². The van der Waals surface area contributed by atoms with Crippen LogP contribution in [0.15, 0.2) is 29.2 Å². The molecular weight excluding hydrogens is 369 g/mol. The maximum absolute atomic E-state index is 12.1. The van der Waals surface area contributed by atoms with E-state index >= 15 is 0 Å². The zero-order chi connectivity index (χ0) is 17.1. The van der Waals surface area contributed by atoms with E-state index in [0.29, 0.717) is 32.6 Å². The van der Waals surface area contributed by atoms with Gasteiger partial charge in [-0.2, -0.15) is 5.10 Å². The van der Waals surface area contributed by atoms with Gasteiger partial charge in [0.2, 0.25) is 0 Å². The van der Waals surface area contributed by atoms with Gasteiger partial charge in [-0.15, -0.1) is 0 Å². The molecule has 1 fully saturated rings. The molecule has 1 aliphatic heterocycles. The average Bonchev–Trinajstić information content (AvgIpc) is 2.60. The number of piperidine rings is 1. The summed E-state index contributed by atoms with van der Waals surface area (Å²) in [5.41, 5.74) is 2.44. The molecule has 1 N–H and O–H groups in total. The molecule has 0 bridgehead atoms. The summed E-state index contributed by atoms with van der Waals surface area (Å²) in [5.74, 6) is 3.57. The number of nitrogens with zero attached hydrogens (tertiary/aromatic N) is 4. The van der Waals surface area contributed by atoms with Gasteiger partial charge in [0, 0.05) is 7.05 Å². The van der Waals surface area contributed by atoms with Crippen LogP contribution in [-0.2, 0) is 7.05 Å². The van der Waals surface area contributed by atoms with Crippen molar-refractivity contribution in [3.05, 3.63) is 46.0 Å². The first-order chi connectivity index (χ1) is 11.6. The monoisotopic (exact) mass is 393 g/mol. The number of aromatic nitrogens is 3. The number of anilines is 2. The van der Waals surface area contributed by atoms with Crippen LogP contribution in [0.25, 0.3) is 0 Å². The third-order valence-electron chi connectivity index (χ3n) is 4.42. The average molecular weight is 392 g/mol. The van der Waals surface area contributed by atoms with Crippen molar-refractivity contribution in [2.24, 2.45) is 7.05 Å². The molecule has 6 nitrogen and oxygen atoms in total. The SMILES string of the molecule is C[Se]N1CCC(c2ccc(Nc3cc(C)nn(C)c3=O)nc2)CC1. The Hall–Kier alpha value is -1.69. The Labute approximate surface area is 148 Å². The Morgan fingerprint density at radius 2 is 2.04 bits per heavy atom. The fraction of sp³-hybridized carbons (Fsp3) is 0.471. The molecule has 2 aromatic rings. The molecule has 3 heterocycles. The van der Waals surface area contributed by atoms with E-state index in [2.05, 4.69) is 31.2 Å². The summed E-state index contributed by atoms with van der Waals surface area (Å²) in [4.78, 5) is 16.6. The van der Waals surface area contributed by atoms with E-state index in [4.69, 9.17) is 0 Å². The number of pyridine rings is 1. The van der Waals surface area contributed by atoms with Crippen LogP contribution in [0.3, 0.4) is 0 Å². The van der Waals surface area contributed by atoms with Gasteiger partial charge in [-0.3, -0.25) is 0 Å². The van der Waals surface area contributed by atoms with Crippen molar-refractivity contribution in [2.75, 3.05) is 18.4 Å². The Balaban J connectivity index is 1.70. The predicted octanol–water partition coefficient (Wildman–Crippen LogP) is 2.07. The fourth-order valence-electron chi connectivity index (χ4n) is 3.08. The molecular formula is C17H23N5OSe. The minimum absolute atomic E-state index is 0.153. The van der Waals surface area contributed by atoms with Crippen LogP contribution in [0.4, 0.5) is 11.5 Å². The van der Waals surface area contributed by atoms with Gasteiger partial charge in [0.1, 0.15) is 0 Å². The van der Waals surface area contributed by atoms with E-state index in [-0.39, 0.29) is 5.56 Å². The van der Waals surface area contributed by atoms with Crippen LogP contribution in [-0.4, -0.2) is 46.9 Å². The zero-order valence-electron chi connectivity index (χ0n) is 14.3. The number of hydrogen-bond acceptors (Lipinski definition) is 5. The van der Waals surface area contributed by atoms with Gasteiger partial charge in [-0.25, -0.2) is 0 Å². The number of aryl methyl sites for hydroxylation is 2. The summed E-state index contributed by atoms with van der Waals surface area (Å²) in [7, 11) is 1.65. The van der Waals surface area contributed by atoms with Crippen molar-refractivity contribution in [3.8, 4) is 0 Å². The summed E-state index contributed by atoms with van der Waals surface area (Å²) in [6.07, 6.45) is 4.35. The number of rotatable bonds is 4. The molecule has 0 amide bonds. The van der Waals surface area contributed by atoms with Gasteiger partial charge in [0.25, 0.3) is 0 Å². The van der Waals surface area contributed by atoms with Crippen LogP contribution >= 0.6 is 0 Å². The van der Waals surface area contributed by atoms with Crippen LogP contribution in [0.1, 0.15) is 30.0 Å². The van der Waals surface area contributed by atoms with Crippen LogP contribution in [0, 0.1) is 6.92 Å². The second kappa shape index (κ2) is 7.47. The van der Waals surface area contributed by atoms with Crippen molar-refractivity contribution >= 4 is 26.7 Å². The van der Waals surface area contributed by atoms with Crippen molar-refractivity contribution in [2.45, 2.75) is 31.5 Å². The van der Waals surface area contributed by atoms with Crippen molar-refractivity contribution < 1.29 is 0 Å². The number of hydrogen-bond donors (Lipinski definition) is 1. The van der Waals surface area contributed by atoms with E-state index < -0.39 is 0 Å². The van der Waals surface area contributed by atoms with Crippen LogP contribution in [0.5, 0.6) is 0 Å². The van der Waals surface area contributed by atoms with E-state index in [1.807, 2.05) is 19.2 Å². The van der Waals surface area contributed by atoms with E-state index in [9.17, 15) is 4.79 Å². The van der Waals surface area contributed by atoms with Crippen molar-refractivity contribution in [1.29, 1.82) is 0 Å². The van der Waals surface area contributed by atoms with Gasteiger partial charge < -0.3 is 0 Å². The Morgan fingerprint density at radius 3 is 2.67 bits per heavy atom. The summed E-state index contributed by atoms with van der Waals surface area (Å²) in [6, 6.07) is 5.84. The summed E-state index contributed by atoms with van der Waals surface area (Å²) < 4.78 is 3.89. The molecule has 7 heteroatoms. The van der Waals surface area contributed by atoms with Gasteiger partial charge in [0.15, 0.2) is 0 Å². The minimum atomic E-state index is -0.153. The maximum atomic E-state index is 12.1. The Morgan fingerprint density at radius 1 is 1.29 bits per heavy atom. The predicted molar refractivity (Wildman–Crippen MR) is 96.9 cm³/mol. The molecule has 0 spiro atoms. The first kappa shape index (κ1) is 17.1. The summed E-state index contributed by atoms with van der Waals surface area (Å²) in [5, 5.41) is 7.21. The molecule has 2 aromatic heterocycles. The van der Waals surface area contributed by atoms with E-state index in [1.54, 1.807) is 13.1 Å². The zero-order valence-corrected chi connectivity index (χ0v) is 16.0. The molecule has 1 saturated heterocycles. The molecule has 0 aliphatic carbocycles. The van der Waals surface area contributed by atoms with Gasteiger partial charge in [-0.05, 0) is 6.92 Å². The third kappa shape index (κ3) is 3.86. The Bertz CT molecular complexity index is 751.